The van der Waals surface area contributed by atoms with Crippen molar-refractivity contribution in [2.75, 3.05) is 0 Å². The third kappa shape index (κ3) is 17.7. The molecular weight excluding hydrogens is 715 g/mol. The fourth-order valence-corrected chi connectivity index (χ4v) is 6.72. The van der Waals surface area contributed by atoms with Crippen LogP contribution in [0.15, 0.2) is 72.8 Å². The van der Waals surface area contributed by atoms with Crippen LogP contribution < -0.4 is 13.6 Å². The van der Waals surface area contributed by atoms with Gasteiger partial charge in [0.05, 0.1) is 0 Å². The first-order chi connectivity index (χ1) is 26.6. The summed E-state index contributed by atoms with van der Waals surface area (Å²) in [6.07, 6.45) is 12.1. The van der Waals surface area contributed by atoms with Crippen molar-refractivity contribution in [2.24, 2.45) is 0 Å². The Morgan fingerprint density at radius 3 is 0.855 bits per heavy atom. The van der Waals surface area contributed by atoms with Crippen LogP contribution in [0, 0.1) is 0 Å². The van der Waals surface area contributed by atoms with Crippen LogP contribution in [0.5, 0.6) is 17.2 Å². The predicted octanol–water partition coefficient (Wildman–Crippen LogP) is 10.4. The highest BCUT2D eigenvalue weighted by Crippen LogP contribution is 2.42. The summed E-state index contributed by atoms with van der Waals surface area (Å²) >= 11 is 0. The smallest absolute Gasteiger partial charge is 0.409 e. The van der Waals surface area contributed by atoms with E-state index in [1.807, 2.05) is 0 Å². The zero-order valence-electron chi connectivity index (χ0n) is 32.8. The molecule has 0 saturated carbocycles. The summed E-state index contributed by atoms with van der Waals surface area (Å²) in [5.41, 5.74) is 2.04. The second-order valence-electron chi connectivity index (χ2n) is 13.9. The standard InChI is InChI=1S/C45H57O9P/c1-4-7-10-13-16-40(46)43(49)31-34-19-25-37(26-20-34)52-55(53-38-27-21-35(22-28-38)32-44(50)41(47)17-14-11-8-5-2)54-39-29-23-36(24-30-39)33-45(51)42(48)18-15-12-9-6-3/h19-30H,4-18,31-33H2,1-3H3. The Morgan fingerprint density at radius 1 is 0.364 bits per heavy atom. The molecule has 3 rings (SSSR count). The van der Waals surface area contributed by atoms with Crippen molar-refractivity contribution in [3.8, 4) is 17.2 Å². The monoisotopic (exact) mass is 772 g/mol. The van der Waals surface area contributed by atoms with Crippen LogP contribution in [0.4, 0.5) is 0 Å². The molecule has 0 amide bonds. The molecule has 0 radical (unpaired) electrons. The Kier molecular flexibility index (Phi) is 20.9. The predicted molar refractivity (Wildman–Crippen MR) is 216 cm³/mol. The minimum atomic E-state index is -2.09. The zero-order valence-corrected chi connectivity index (χ0v) is 33.7. The molecule has 0 spiro atoms. The van der Waals surface area contributed by atoms with E-state index < -0.39 is 26.0 Å². The molecule has 296 valence electrons. The molecule has 0 aromatic heterocycles. The highest BCUT2D eigenvalue weighted by molar-refractivity contribution is 7.43. The Balaban J connectivity index is 1.67. The molecule has 0 atom stereocenters. The zero-order chi connectivity index (χ0) is 39.8. The topological polar surface area (TPSA) is 130 Å². The Labute approximate surface area is 327 Å². The van der Waals surface area contributed by atoms with Crippen LogP contribution >= 0.6 is 8.60 Å². The molecule has 55 heavy (non-hydrogen) atoms. The van der Waals surface area contributed by atoms with Crippen molar-refractivity contribution in [2.45, 2.75) is 136 Å². The highest BCUT2D eigenvalue weighted by Gasteiger charge is 2.22. The minimum absolute atomic E-state index is 0.00721. The second-order valence-corrected chi connectivity index (χ2v) is 14.9. The SMILES string of the molecule is CCCCCCC(=O)C(=O)Cc1ccc(OP(Oc2ccc(CC(=O)C(=O)CCCCCC)cc2)Oc2ccc(CC(=O)C(=O)CCCCCC)cc2)cc1. The number of carbonyl (C=O) groups excluding carboxylic acids is 6. The lowest BCUT2D eigenvalue weighted by molar-refractivity contribution is -0.136. The van der Waals surface area contributed by atoms with Gasteiger partial charge in [-0.2, -0.15) is 0 Å². The number of hydrogen-bond acceptors (Lipinski definition) is 9. The fourth-order valence-electron chi connectivity index (χ4n) is 5.73. The Morgan fingerprint density at radius 2 is 0.618 bits per heavy atom. The number of hydrogen-bond donors (Lipinski definition) is 0. The molecule has 0 fully saturated rings. The van der Waals surface area contributed by atoms with E-state index in [4.69, 9.17) is 13.6 Å². The summed E-state index contributed by atoms with van der Waals surface area (Å²) in [5.74, 6) is -1.07. The van der Waals surface area contributed by atoms with Crippen molar-refractivity contribution in [1.82, 2.24) is 0 Å². The number of Topliss-reactive ketones (excluding diaryl/α,β-unsaturated/α-hetero) is 6. The maximum absolute atomic E-state index is 12.5. The largest absolute Gasteiger partial charge is 0.530 e. The van der Waals surface area contributed by atoms with Gasteiger partial charge in [0.1, 0.15) is 17.2 Å². The maximum Gasteiger partial charge on any atom is 0.530 e. The molecule has 0 bridgehead atoms. The van der Waals surface area contributed by atoms with Crippen molar-refractivity contribution in [3.63, 3.8) is 0 Å². The lowest BCUT2D eigenvalue weighted by Gasteiger charge is -2.18. The Bertz CT molecular complexity index is 1470. The Hall–Kier alpha value is -4.49. The number of ketones is 6. The lowest BCUT2D eigenvalue weighted by atomic mass is 10.0. The van der Waals surface area contributed by atoms with Crippen molar-refractivity contribution in [1.29, 1.82) is 0 Å². The molecule has 0 saturated heterocycles. The first-order valence-electron chi connectivity index (χ1n) is 19.9. The molecule has 9 nitrogen and oxygen atoms in total. The van der Waals surface area contributed by atoms with Gasteiger partial charge in [0, 0.05) is 38.5 Å². The lowest BCUT2D eigenvalue weighted by Crippen LogP contribution is -2.16. The first-order valence-corrected chi connectivity index (χ1v) is 21.0. The van der Waals surface area contributed by atoms with Crippen molar-refractivity contribution < 1.29 is 42.3 Å². The molecule has 0 aliphatic rings. The quantitative estimate of drug-likeness (QED) is 0.0369. The van der Waals surface area contributed by atoms with Crippen LogP contribution in [-0.2, 0) is 48.0 Å². The summed E-state index contributed by atoms with van der Waals surface area (Å²) in [6.45, 7) is 6.28. The minimum Gasteiger partial charge on any atom is -0.409 e. The van der Waals surface area contributed by atoms with Crippen LogP contribution in [0.2, 0.25) is 0 Å². The van der Waals surface area contributed by atoms with Crippen LogP contribution in [0.3, 0.4) is 0 Å². The van der Waals surface area contributed by atoms with E-state index in [0.29, 0.717) is 53.2 Å². The van der Waals surface area contributed by atoms with E-state index in [-0.39, 0.29) is 55.9 Å². The van der Waals surface area contributed by atoms with Gasteiger partial charge in [-0.3, -0.25) is 28.8 Å². The molecule has 0 aliphatic carbocycles. The molecule has 0 heterocycles. The van der Waals surface area contributed by atoms with Crippen LogP contribution in [-0.4, -0.2) is 34.7 Å². The summed E-state index contributed by atoms with van der Waals surface area (Å²) in [5, 5.41) is 0. The number of unbranched alkanes of at least 4 members (excludes halogenated alkanes) is 9. The highest BCUT2D eigenvalue weighted by atomic mass is 31.2. The van der Waals surface area contributed by atoms with Gasteiger partial charge in [-0.25, -0.2) is 0 Å². The third-order valence-corrected chi connectivity index (χ3v) is 10.2. The van der Waals surface area contributed by atoms with Gasteiger partial charge in [0.15, 0.2) is 17.3 Å². The van der Waals surface area contributed by atoms with Gasteiger partial charge in [-0.05, 0) is 72.4 Å². The summed E-state index contributed by atoms with van der Waals surface area (Å²) in [4.78, 5) is 74.5. The van der Waals surface area contributed by atoms with Crippen molar-refractivity contribution in [3.05, 3.63) is 89.5 Å². The van der Waals surface area contributed by atoms with Gasteiger partial charge in [-0.15, -0.1) is 0 Å². The van der Waals surface area contributed by atoms with E-state index in [0.717, 1.165) is 57.8 Å². The maximum atomic E-state index is 12.5. The third-order valence-electron chi connectivity index (χ3n) is 9.11. The normalized spacial score (nSPS) is 10.9. The molecule has 0 aliphatic heterocycles. The average Bonchev–Trinajstić information content (AvgIpc) is 3.18. The summed E-state index contributed by atoms with van der Waals surface area (Å²) < 4.78 is 18.4. The fraction of sp³-hybridized carbons (Fsp3) is 0.467. The van der Waals surface area contributed by atoms with Gasteiger partial charge < -0.3 is 13.6 Å². The van der Waals surface area contributed by atoms with E-state index in [9.17, 15) is 28.8 Å². The van der Waals surface area contributed by atoms with Gasteiger partial charge in [0.25, 0.3) is 0 Å². The number of carbonyl (C=O) groups is 6. The number of benzene rings is 3. The molecule has 3 aromatic rings. The van der Waals surface area contributed by atoms with E-state index in [2.05, 4.69) is 20.8 Å². The van der Waals surface area contributed by atoms with Gasteiger partial charge in [0.2, 0.25) is 17.3 Å². The molecule has 10 heteroatoms. The van der Waals surface area contributed by atoms with Crippen LogP contribution in [0.1, 0.15) is 134 Å². The van der Waals surface area contributed by atoms with Gasteiger partial charge in [-0.1, -0.05) is 115 Å². The second kappa shape index (κ2) is 25.6. The molecule has 0 unspecified atom stereocenters. The molecular formula is C45H57O9P. The first kappa shape index (κ1) is 44.9. The van der Waals surface area contributed by atoms with Crippen molar-refractivity contribution >= 4 is 43.3 Å². The number of rotatable bonds is 30. The van der Waals surface area contributed by atoms with E-state index >= 15 is 0 Å². The van der Waals surface area contributed by atoms with E-state index in [1.165, 1.54) is 0 Å². The molecule has 3 aromatic carbocycles. The molecule has 0 N–H and O–H groups in total. The summed E-state index contributed by atoms with van der Waals surface area (Å²) in [7, 11) is -2.09. The van der Waals surface area contributed by atoms with E-state index in [1.54, 1.807) is 72.8 Å². The summed E-state index contributed by atoms with van der Waals surface area (Å²) in [6, 6.07) is 20.4. The van der Waals surface area contributed by atoms with Crippen LogP contribution in [0.25, 0.3) is 0 Å². The van der Waals surface area contributed by atoms with Gasteiger partial charge >= 0.3 is 8.60 Å². The average molecular weight is 773 g/mol.